The number of aliphatic imine (C=N–C) groups is 1. The molecule has 6 heteroatoms. The average Bonchev–Trinajstić information content (AvgIpc) is 2.96. The number of hydrogen-bond donors (Lipinski definition) is 1. The summed E-state index contributed by atoms with van der Waals surface area (Å²) in [5.41, 5.74) is 1.92. The first-order chi connectivity index (χ1) is 13.7. The summed E-state index contributed by atoms with van der Waals surface area (Å²) >= 11 is 0. The van der Waals surface area contributed by atoms with E-state index in [9.17, 15) is 4.79 Å². The summed E-state index contributed by atoms with van der Waals surface area (Å²) in [6.45, 7) is 9.74. The SMILES string of the molecule is C=N/C(=C\C=C/C)C[C@@H]1CCCCCN1c1cc(N2CCOCC2)cc(=O)[nH]1. The highest BCUT2D eigenvalue weighted by Crippen LogP contribution is 2.28. The molecule has 0 bridgehead atoms. The standard InChI is InChI=1S/C22H32N4O2/c1-3-4-8-18(23-2)15-19-9-6-5-7-10-26(19)21-16-20(17-22(27)24-21)25-11-13-28-14-12-25/h3-4,8,16-17,19H,2,5-7,9-15H2,1H3,(H,24,27)/b4-3-,18-8-/t19-/m0/s1. The highest BCUT2D eigenvalue weighted by Gasteiger charge is 2.24. The van der Waals surface area contributed by atoms with Crippen LogP contribution in [-0.2, 0) is 4.74 Å². The Kier molecular flexibility index (Phi) is 7.48. The lowest BCUT2D eigenvalue weighted by Crippen LogP contribution is -2.39. The summed E-state index contributed by atoms with van der Waals surface area (Å²) in [5.74, 6) is 0.912. The van der Waals surface area contributed by atoms with Crippen LogP contribution in [0.15, 0.2) is 45.8 Å². The number of allylic oxidation sites excluding steroid dienone is 3. The van der Waals surface area contributed by atoms with Crippen molar-refractivity contribution in [3.05, 3.63) is 46.4 Å². The van der Waals surface area contributed by atoms with E-state index in [2.05, 4.69) is 32.6 Å². The fourth-order valence-electron chi connectivity index (χ4n) is 4.01. The van der Waals surface area contributed by atoms with Gasteiger partial charge in [0.15, 0.2) is 0 Å². The number of morpholine rings is 1. The topological polar surface area (TPSA) is 60.9 Å². The van der Waals surface area contributed by atoms with Gasteiger partial charge in [-0.1, -0.05) is 25.0 Å². The second-order valence-corrected chi connectivity index (χ2v) is 7.43. The Morgan fingerprint density at radius 3 is 2.86 bits per heavy atom. The van der Waals surface area contributed by atoms with Crippen molar-refractivity contribution in [3.63, 3.8) is 0 Å². The molecule has 0 radical (unpaired) electrons. The van der Waals surface area contributed by atoms with E-state index in [1.807, 2.05) is 25.2 Å². The number of ether oxygens (including phenoxy) is 1. The van der Waals surface area contributed by atoms with E-state index in [1.165, 1.54) is 12.8 Å². The molecule has 0 aliphatic carbocycles. The maximum absolute atomic E-state index is 12.4. The Morgan fingerprint density at radius 2 is 2.11 bits per heavy atom. The van der Waals surface area contributed by atoms with Gasteiger partial charge in [0, 0.05) is 55.6 Å². The molecule has 3 rings (SSSR count). The molecule has 2 aliphatic heterocycles. The zero-order chi connectivity index (χ0) is 19.8. The molecule has 152 valence electrons. The molecule has 1 atom stereocenters. The van der Waals surface area contributed by atoms with Crippen molar-refractivity contribution in [2.75, 3.05) is 42.6 Å². The molecule has 0 spiro atoms. The molecule has 28 heavy (non-hydrogen) atoms. The first-order valence-corrected chi connectivity index (χ1v) is 10.3. The zero-order valence-corrected chi connectivity index (χ0v) is 16.9. The molecule has 1 aromatic heterocycles. The van der Waals surface area contributed by atoms with Gasteiger partial charge < -0.3 is 19.5 Å². The minimum atomic E-state index is -0.0477. The number of aromatic nitrogens is 1. The summed E-state index contributed by atoms with van der Waals surface area (Å²) in [6, 6.07) is 4.13. The molecule has 3 heterocycles. The molecular formula is C22H32N4O2. The molecule has 2 fully saturated rings. The molecule has 0 aromatic carbocycles. The van der Waals surface area contributed by atoms with Crippen LogP contribution in [0.1, 0.15) is 39.0 Å². The first kappa shape index (κ1) is 20.4. The van der Waals surface area contributed by atoms with E-state index >= 15 is 0 Å². The van der Waals surface area contributed by atoms with Crippen molar-refractivity contribution in [2.45, 2.75) is 45.1 Å². The van der Waals surface area contributed by atoms with Crippen LogP contribution in [0, 0.1) is 0 Å². The van der Waals surface area contributed by atoms with E-state index in [4.69, 9.17) is 4.74 Å². The smallest absolute Gasteiger partial charge is 0.251 e. The van der Waals surface area contributed by atoms with Gasteiger partial charge in [0.1, 0.15) is 5.82 Å². The molecule has 1 N–H and O–H groups in total. The maximum atomic E-state index is 12.4. The van der Waals surface area contributed by atoms with E-state index in [1.54, 1.807) is 6.07 Å². The number of H-pyrrole nitrogens is 1. The van der Waals surface area contributed by atoms with Gasteiger partial charge in [-0.15, -0.1) is 0 Å². The van der Waals surface area contributed by atoms with Crippen LogP contribution in [-0.4, -0.2) is 50.6 Å². The van der Waals surface area contributed by atoms with Crippen molar-refractivity contribution in [2.24, 2.45) is 4.99 Å². The predicted molar refractivity (Wildman–Crippen MR) is 117 cm³/mol. The second kappa shape index (κ2) is 10.3. The Hall–Kier alpha value is -2.34. The predicted octanol–water partition coefficient (Wildman–Crippen LogP) is 3.51. The van der Waals surface area contributed by atoms with Crippen LogP contribution in [0.25, 0.3) is 0 Å². The number of hydrogen-bond acceptors (Lipinski definition) is 5. The lowest BCUT2D eigenvalue weighted by Gasteiger charge is -2.33. The number of pyridine rings is 1. The number of aromatic amines is 1. The Labute approximate surface area is 167 Å². The summed E-state index contributed by atoms with van der Waals surface area (Å²) in [5, 5.41) is 0. The van der Waals surface area contributed by atoms with Crippen LogP contribution < -0.4 is 15.4 Å². The van der Waals surface area contributed by atoms with Crippen molar-refractivity contribution in [1.29, 1.82) is 0 Å². The number of anilines is 2. The van der Waals surface area contributed by atoms with Gasteiger partial charge in [0.25, 0.3) is 5.56 Å². The van der Waals surface area contributed by atoms with Gasteiger partial charge in [-0.3, -0.25) is 9.79 Å². The van der Waals surface area contributed by atoms with Crippen molar-refractivity contribution in [3.8, 4) is 0 Å². The molecule has 2 saturated heterocycles. The van der Waals surface area contributed by atoms with Crippen molar-refractivity contribution < 1.29 is 4.74 Å². The molecule has 0 saturated carbocycles. The highest BCUT2D eigenvalue weighted by atomic mass is 16.5. The monoisotopic (exact) mass is 384 g/mol. The van der Waals surface area contributed by atoms with E-state index < -0.39 is 0 Å². The lowest BCUT2D eigenvalue weighted by molar-refractivity contribution is 0.122. The normalized spacial score (nSPS) is 21.8. The lowest BCUT2D eigenvalue weighted by atomic mass is 10.0. The van der Waals surface area contributed by atoms with E-state index in [-0.39, 0.29) is 5.56 Å². The highest BCUT2D eigenvalue weighted by molar-refractivity contribution is 5.56. The summed E-state index contributed by atoms with van der Waals surface area (Å²) in [6.07, 6.45) is 11.5. The van der Waals surface area contributed by atoms with Gasteiger partial charge >= 0.3 is 0 Å². The van der Waals surface area contributed by atoms with Gasteiger partial charge in [0.05, 0.1) is 13.2 Å². The van der Waals surface area contributed by atoms with Crippen LogP contribution in [0.2, 0.25) is 0 Å². The number of nitrogens with zero attached hydrogens (tertiary/aromatic N) is 3. The van der Waals surface area contributed by atoms with Crippen LogP contribution >= 0.6 is 0 Å². The fourth-order valence-corrected chi connectivity index (χ4v) is 4.01. The van der Waals surface area contributed by atoms with Crippen molar-refractivity contribution in [1.82, 2.24) is 4.98 Å². The van der Waals surface area contributed by atoms with Crippen molar-refractivity contribution >= 4 is 18.2 Å². The Balaban J connectivity index is 1.88. The third-order valence-electron chi connectivity index (χ3n) is 5.51. The molecule has 2 aliphatic rings. The summed E-state index contributed by atoms with van der Waals surface area (Å²) in [4.78, 5) is 24.3. The summed E-state index contributed by atoms with van der Waals surface area (Å²) in [7, 11) is 0. The Morgan fingerprint density at radius 1 is 1.29 bits per heavy atom. The maximum Gasteiger partial charge on any atom is 0.251 e. The average molecular weight is 385 g/mol. The summed E-state index contributed by atoms with van der Waals surface area (Å²) < 4.78 is 5.45. The van der Waals surface area contributed by atoms with E-state index in [0.717, 1.165) is 56.1 Å². The first-order valence-electron chi connectivity index (χ1n) is 10.3. The van der Waals surface area contributed by atoms with Crippen LogP contribution in [0.5, 0.6) is 0 Å². The molecule has 0 unspecified atom stereocenters. The largest absolute Gasteiger partial charge is 0.378 e. The third-order valence-corrected chi connectivity index (χ3v) is 5.51. The molecule has 1 aromatic rings. The number of rotatable bonds is 6. The molecule has 0 amide bonds. The quantitative estimate of drug-likeness (QED) is 0.602. The fraction of sp³-hybridized carbons (Fsp3) is 0.545. The Bertz CT molecular complexity index is 762. The van der Waals surface area contributed by atoms with Gasteiger partial charge in [-0.05, 0) is 32.6 Å². The van der Waals surface area contributed by atoms with E-state index in [0.29, 0.717) is 19.3 Å². The molecular weight excluding hydrogens is 352 g/mol. The van der Waals surface area contributed by atoms with Gasteiger partial charge in [-0.25, -0.2) is 0 Å². The van der Waals surface area contributed by atoms with Gasteiger partial charge in [-0.2, -0.15) is 0 Å². The third kappa shape index (κ3) is 5.35. The van der Waals surface area contributed by atoms with Gasteiger partial charge in [0.2, 0.25) is 0 Å². The molecule has 6 nitrogen and oxygen atoms in total. The number of nitrogens with one attached hydrogen (secondary N) is 1. The zero-order valence-electron chi connectivity index (χ0n) is 16.9. The van der Waals surface area contributed by atoms with Crippen LogP contribution in [0.3, 0.4) is 0 Å². The minimum absolute atomic E-state index is 0.0477. The second-order valence-electron chi connectivity index (χ2n) is 7.43. The van der Waals surface area contributed by atoms with Crippen LogP contribution in [0.4, 0.5) is 11.5 Å². The minimum Gasteiger partial charge on any atom is -0.378 e.